The van der Waals surface area contributed by atoms with Crippen LogP contribution in [0.3, 0.4) is 0 Å². The minimum absolute atomic E-state index is 0.0190. The maximum atomic E-state index is 13.5. The Kier molecular flexibility index (Phi) is 5.84. The van der Waals surface area contributed by atoms with E-state index in [0.717, 1.165) is 53.0 Å². The summed E-state index contributed by atoms with van der Waals surface area (Å²) < 4.78 is 3.71. The van der Waals surface area contributed by atoms with Gasteiger partial charge in [-0.25, -0.2) is 19.7 Å². The Hall–Kier alpha value is -4.18. The third-order valence-electron chi connectivity index (χ3n) is 7.93. The van der Waals surface area contributed by atoms with Crippen LogP contribution in [-0.4, -0.2) is 66.1 Å². The van der Waals surface area contributed by atoms with E-state index in [-0.39, 0.29) is 24.2 Å². The fourth-order valence-electron chi connectivity index (χ4n) is 5.82. The first-order chi connectivity index (χ1) is 19.1. The number of carbonyl (C=O) groups is 1. The number of likely N-dealkylation sites (tertiary alicyclic amines) is 1. The Labute approximate surface area is 228 Å². The van der Waals surface area contributed by atoms with Gasteiger partial charge in [-0.1, -0.05) is 29.8 Å². The number of nitrogens with zero attached hydrogens (tertiary/aromatic N) is 7. The van der Waals surface area contributed by atoms with Crippen molar-refractivity contribution >= 4 is 45.5 Å². The molecule has 0 atom stereocenters. The van der Waals surface area contributed by atoms with Crippen LogP contribution in [0.2, 0.25) is 5.02 Å². The number of imidazole rings is 1. The lowest BCUT2D eigenvalue weighted by atomic mass is 10.0. The van der Waals surface area contributed by atoms with Gasteiger partial charge in [0, 0.05) is 60.8 Å². The number of pyridine rings is 1. The van der Waals surface area contributed by atoms with Gasteiger partial charge in [0.2, 0.25) is 5.91 Å². The number of nitrogens with one attached hydrogen (secondary N) is 1. The molecule has 7 rings (SSSR count). The molecular formula is C28H27ClN8O2. The fourth-order valence-corrected chi connectivity index (χ4v) is 6.06. The molecule has 2 fully saturated rings. The molecule has 0 spiro atoms. The maximum Gasteiger partial charge on any atom is 0.327 e. The number of H-pyrrole nitrogens is 1. The number of piperidine rings is 1. The smallest absolute Gasteiger partial charge is 0.327 e. The van der Waals surface area contributed by atoms with Crippen molar-refractivity contribution in [2.45, 2.75) is 31.8 Å². The number of hydrogen-bond donors (Lipinski definition) is 1. The zero-order valence-electron chi connectivity index (χ0n) is 21.3. The van der Waals surface area contributed by atoms with Crippen molar-refractivity contribution in [3.05, 3.63) is 70.6 Å². The molecule has 11 heteroatoms. The number of aromatic nitrogens is 6. The average Bonchev–Trinajstić information content (AvgIpc) is 3.45. The first-order valence-corrected chi connectivity index (χ1v) is 13.6. The number of hydrogen-bond acceptors (Lipinski definition) is 6. The molecule has 0 saturated carbocycles. The number of fused-ring (bicyclic) bond motifs is 2. The molecule has 2 saturated heterocycles. The minimum atomic E-state index is -0.155. The van der Waals surface area contributed by atoms with Crippen LogP contribution in [-0.2, 0) is 11.3 Å². The first kappa shape index (κ1) is 23.9. The molecule has 2 aliphatic heterocycles. The van der Waals surface area contributed by atoms with Crippen LogP contribution in [0.4, 0.5) is 5.82 Å². The number of anilines is 1. The summed E-state index contributed by atoms with van der Waals surface area (Å²) in [6, 6.07) is 11.5. The third-order valence-corrected chi connectivity index (χ3v) is 8.26. The van der Waals surface area contributed by atoms with Crippen LogP contribution < -0.4 is 10.6 Å². The Morgan fingerprint density at radius 3 is 2.59 bits per heavy atom. The van der Waals surface area contributed by atoms with Crippen molar-refractivity contribution < 1.29 is 4.79 Å². The van der Waals surface area contributed by atoms with Crippen LogP contribution in [0.5, 0.6) is 0 Å². The van der Waals surface area contributed by atoms with Gasteiger partial charge in [-0.3, -0.25) is 14.3 Å². The molecule has 1 amide bonds. The minimum Gasteiger partial charge on any atom is -0.356 e. The van der Waals surface area contributed by atoms with Crippen LogP contribution in [0.15, 0.2) is 59.9 Å². The summed E-state index contributed by atoms with van der Waals surface area (Å²) >= 11 is 6.61. The highest BCUT2D eigenvalue weighted by atomic mass is 35.5. The van der Waals surface area contributed by atoms with Crippen molar-refractivity contribution in [3.63, 3.8) is 0 Å². The van der Waals surface area contributed by atoms with Gasteiger partial charge in [0.25, 0.3) is 0 Å². The quantitative estimate of drug-likeness (QED) is 0.361. The Bertz CT molecular complexity index is 1760. The van der Waals surface area contributed by atoms with Gasteiger partial charge in [-0.2, -0.15) is 0 Å². The second kappa shape index (κ2) is 9.53. The van der Waals surface area contributed by atoms with Crippen molar-refractivity contribution in [1.82, 2.24) is 34.0 Å². The molecule has 2 aliphatic rings. The number of benzene rings is 1. The highest BCUT2D eigenvalue weighted by Crippen LogP contribution is 2.39. The number of amides is 1. The second-order valence-electron chi connectivity index (χ2n) is 10.2. The molecule has 0 unspecified atom stereocenters. The van der Waals surface area contributed by atoms with E-state index in [1.807, 2.05) is 52.1 Å². The fraction of sp³-hybridized carbons (Fsp3) is 0.321. The van der Waals surface area contributed by atoms with E-state index in [1.165, 1.54) is 0 Å². The van der Waals surface area contributed by atoms with Crippen molar-refractivity contribution in [3.8, 4) is 11.1 Å². The molecule has 0 radical (unpaired) electrons. The monoisotopic (exact) mass is 542 g/mol. The highest BCUT2D eigenvalue weighted by molar-refractivity contribution is 6.33. The second-order valence-corrected chi connectivity index (χ2v) is 10.6. The Morgan fingerprint density at radius 2 is 1.82 bits per heavy atom. The molecule has 5 aromatic rings. The summed E-state index contributed by atoms with van der Waals surface area (Å²) in [7, 11) is 0. The summed E-state index contributed by atoms with van der Waals surface area (Å²) in [5.74, 6) is 0.903. The topological polar surface area (TPSA) is 105 Å². The lowest BCUT2D eigenvalue weighted by molar-refractivity contribution is -0.133. The van der Waals surface area contributed by atoms with Crippen LogP contribution in [0.1, 0.15) is 25.3 Å². The van der Waals surface area contributed by atoms with E-state index in [1.54, 1.807) is 17.1 Å². The van der Waals surface area contributed by atoms with Crippen LogP contribution >= 0.6 is 11.6 Å². The molecule has 39 heavy (non-hydrogen) atoms. The summed E-state index contributed by atoms with van der Waals surface area (Å²) in [6.45, 7) is 3.21. The first-order valence-electron chi connectivity index (χ1n) is 13.2. The van der Waals surface area contributed by atoms with Gasteiger partial charge < -0.3 is 14.4 Å². The largest absolute Gasteiger partial charge is 0.356 e. The van der Waals surface area contributed by atoms with Gasteiger partial charge in [0.1, 0.15) is 24.3 Å². The van der Waals surface area contributed by atoms with Crippen LogP contribution in [0.25, 0.3) is 33.3 Å². The summed E-state index contributed by atoms with van der Waals surface area (Å²) in [4.78, 5) is 46.6. The molecule has 4 aromatic heterocycles. The number of aromatic amines is 1. The van der Waals surface area contributed by atoms with Gasteiger partial charge in [-0.05, 0) is 37.5 Å². The van der Waals surface area contributed by atoms with E-state index in [2.05, 4.69) is 24.8 Å². The predicted molar refractivity (Wildman–Crippen MR) is 150 cm³/mol. The molecule has 0 aliphatic carbocycles. The number of halogens is 1. The molecule has 10 nitrogen and oxygen atoms in total. The van der Waals surface area contributed by atoms with Crippen molar-refractivity contribution in [2.75, 3.05) is 31.1 Å². The molecule has 1 aromatic carbocycles. The van der Waals surface area contributed by atoms with E-state index in [4.69, 9.17) is 11.6 Å². The highest BCUT2D eigenvalue weighted by Gasteiger charge is 2.28. The maximum absolute atomic E-state index is 13.5. The molecule has 1 N–H and O–H groups in total. The molecule has 198 valence electrons. The van der Waals surface area contributed by atoms with E-state index in [0.29, 0.717) is 36.6 Å². The summed E-state index contributed by atoms with van der Waals surface area (Å²) in [6.07, 6.45) is 7.75. The zero-order valence-corrected chi connectivity index (χ0v) is 22.0. The van der Waals surface area contributed by atoms with Crippen molar-refractivity contribution in [2.24, 2.45) is 0 Å². The van der Waals surface area contributed by atoms with Crippen LogP contribution in [0, 0.1) is 0 Å². The number of carbonyl (C=O) groups excluding carboxylic acids is 1. The predicted octanol–water partition coefficient (Wildman–Crippen LogP) is 3.86. The average molecular weight is 543 g/mol. The van der Waals surface area contributed by atoms with Crippen molar-refractivity contribution in [1.29, 1.82) is 0 Å². The summed E-state index contributed by atoms with van der Waals surface area (Å²) in [5, 5.41) is 1.57. The van der Waals surface area contributed by atoms with E-state index >= 15 is 0 Å². The lowest BCUT2D eigenvalue weighted by Crippen LogP contribution is -2.41. The van der Waals surface area contributed by atoms with E-state index < -0.39 is 0 Å². The SMILES string of the molecule is O=C(Cn1cc(-c2ccccc2Cl)c2c(N3CCC3)ncnc21)N1CCC(n2c(=O)[nH]c3ncccc32)CC1. The Balaban J connectivity index is 1.16. The van der Waals surface area contributed by atoms with Gasteiger partial charge in [0.15, 0.2) is 5.65 Å². The normalized spacial score (nSPS) is 16.2. The standard InChI is InChI=1S/C28H27ClN8O2/c29-21-6-2-1-5-19(21)20-15-36(27-24(20)26(31-17-32-27)35-11-4-12-35)16-23(38)34-13-8-18(9-14-34)37-22-7-3-10-30-25(22)33-28(37)39/h1-3,5-7,10,15,17-18H,4,8-9,11-14,16H2,(H,30,33,39). The third kappa shape index (κ3) is 4.06. The molecular weight excluding hydrogens is 516 g/mol. The molecule has 0 bridgehead atoms. The zero-order chi connectivity index (χ0) is 26.5. The van der Waals surface area contributed by atoms with Gasteiger partial charge in [-0.15, -0.1) is 0 Å². The van der Waals surface area contributed by atoms with Gasteiger partial charge >= 0.3 is 5.69 Å². The van der Waals surface area contributed by atoms with E-state index in [9.17, 15) is 9.59 Å². The molecule has 6 heterocycles. The Morgan fingerprint density at radius 1 is 1.00 bits per heavy atom. The summed E-state index contributed by atoms with van der Waals surface area (Å²) in [5.41, 5.74) is 3.79. The lowest BCUT2D eigenvalue weighted by Gasteiger charge is -2.33. The number of rotatable bonds is 5. The van der Waals surface area contributed by atoms with Gasteiger partial charge in [0.05, 0.1) is 10.9 Å².